The van der Waals surface area contributed by atoms with E-state index in [-0.39, 0.29) is 17.3 Å². The molecule has 1 aliphatic heterocycles. The van der Waals surface area contributed by atoms with Gasteiger partial charge in [-0.2, -0.15) is 0 Å². The van der Waals surface area contributed by atoms with E-state index < -0.39 is 0 Å². The molecule has 28 heavy (non-hydrogen) atoms. The molecule has 1 spiro atoms. The lowest BCUT2D eigenvalue weighted by Crippen LogP contribution is -2.47. The average molecular weight is 379 g/mol. The molecule has 1 N–H and O–H groups in total. The minimum Gasteiger partial charge on any atom is -0.354 e. The number of hydrogen-bond acceptors (Lipinski definition) is 4. The summed E-state index contributed by atoms with van der Waals surface area (Å²) < 4.78 is 13.1. The summed E-state index contributed by atoms with van der Waals surface area (Å²) in [5.74, 6) is 0.784. The molecule has 2 aromatic heterocycles. The summed E-state index contributed by atoms with van der Waals surface area (Å²) in [4.78, 5) is 29.4. The van der Waals surface area contributed by atoms with Crippen molar-refractivity contribution in [1.29, 1.82) is 0 Å². The molecule has 0 radical (unpaired) electrons. The SMILES string of the molecule is O=C(Cc1ccc(F)cc1)N1CCCN(c2ncnc3[nH]ccc23)CC12CC2. The molecule has 1 aliphatic carbocycles. The van der Waals surface area contributed by atoms with E-state index in [9.17, 15) is 9.18 Å². The number of anilines is 1. The van der Waals surface area contributed by atoms with Crippen LogP contribution in [0.4, 0.5) is 10.2 Å². The fourth-order valence-corrected chi connectivity index (χ4v) is 4.30. The number of carbonyl (C=O) groups excluding carboxylic acids is 1. The zero-order valence-electron chi connectivity index (χ0n) is 15.6. The Morgan fingerprint density at radius 3 is 2.75 bits per heavy atom. The molecule has 7 heteroatoms. The highest BCUT2D eigenvalue weighted by atomic mass is 19.1. The zero-order chi connectivity index (χ0) is 19.1. The Morgan fingerprint density at radius 1 is 1.14 bits per heavy atom. The third-order valence-electron chi connectivity index (χ3n) is 5.90. The first kappa shape index (κ1) is 17.2. The number of rotatable bonds is 3. The highest BCUT2D eigenvalue weighted by Crippen LogP contribution is 2.45. The largest absolute Gasteiger partial charge is 0.354 e. The van der Waals surface area contributed by atoms with Gasteiger partial charge >= 0.3 is 0 Å². The molecule has 0 atom stereocenters. The van der Waals surface area contributed by atoms with E-state index in [1.54, 1.807) is 18.5 Å². The van der Waals surface area contributed by atoms with Crippen LogP contribution in [0.3, 0.4) is 0 Å². The Morgan fingerprint density at radius 2 is 1.96 bits per heavy atom. The van der Waals surface area contributed by atoms with Crippen molar-refractivity contribution in [2.75, 3.05) is 24.5 Å². The van der Waals surface area contributed by atoms with E-state index in [0.717, 1.165) is 61.3 Å². The number of benzene rings is 1. The van der Waals surface area contributed by atoms with Gasteiger partial charge in [0, 0.05) is 25.8 Å². The number of H-pyrrole nitrogens is 1. The van der Waals surface area contributed by atoms with Gasteiger partial charge in [-0.1, -0.05) is 12.1 Å². The van der Waals surface area contributed by atoms with E-state index in [1.165, 1.54) is 12.1 Å². The van der Waals surface area contributed by atoms with Crippen molar-refractivity contribution in [3.05, 3.63) is 54.2 Å². The van der Waals surface area contributed by atoms with Crippen molar-refractivity contribution in [3.8, 4) is 0 Å². The lowest BCUT2D eigenvalue weighted by molar-refractivity contribution is -0.133. The molecule has 1 saturated heterocycles. The second-order valence-corrected chi connectivity index (χ2v) is 7.79. The quantitative estimate of drug-likeness (QED) is 0.760. The Bertz CT molecular complexity index is 1010. The fourth-order valence-electron chi connectivity index (χ4n) is 4.30. The zero-order valence-corrected chi connectivity index (χ0v) is 15.6. The predicted molar refractivity (Wildman–Crippen MR) is 105 cm³/mol. The van der Waals surface area contributed by atoms with Gasteiger partial charge in [0.15, 0.2) is 0 Å². The number of aromatic nitrogens is 3. The second-order valence-electron chi connectivity index (χ2n) is 7.79. The van der Waals surface area contributed by atoms with Gasteiger partial charge in [-0.3, -0.25) is 4.79 Å². The topological polar surface area (TPSA) is 65.1 Å². The van der Waals surface area contributed by atoms with Gasteiger partial charge < -0.3 is 14.8 Å². The minimum atomic E-state index is -0.277. The van der Waals surface area contributed by atoms with Crippen molar-refractivity contribution in [3.63, 3.8) is 0 Å². The van der Waals surface area contributed by atoms with Crippen LogP contribution in [0.25, 0.3) is 11.0 Å². The second kappa shape index (κ2) is 6.58. The molecule has 0 unspecified atom stereocenters. The highest BCUT2D eigenvalue weighted by Gasteiger charge is 2.52. The van der Waals surface area contributed by atoms with E-state index in [2.05, 4.69) is 24.8 Å². The van der Waals surface area contributed by atoms with Gasteiger partial charge in [-0.25, -0.2) is 14.4 Å². The van der Waals surface area contributed by atoms with Crippen molar-refractivity contribution in [2.24, 2.45) is 0 Å². The Hall–Kier alpha value is -2.96. The molecule has 2 aliphatic rings. The van der Waals surface area contributed by atoms with E-state index in [4.69, 9.17) is 0 Å². The third-order valence-corrected chi connectivity index (χ3v) is 5.90. The van der Waals surface area contributed by atoms with Crippen molar-refractivity contribution < 1.29 is 9.18 Å². The summed E-state index contributed by atoms with van der Waals surface area (Å²) in [5.41, 5.74) is 1.58. The van der Waals surface area contributed by atoms with Crippen LogP contribution in [0.1, 0.15) is 24.8 Å². The molecule has 0 bridgehead atoms. The monoisotopic (exact) mass is 379 g/mol. The first-order valence-corrected chi connectivity index (χ1v) is 9.73. The normalized spacial score (nSPS) is 18.5. The number of nitrogens with zero attached hydrogens (tertiary/aromatic N) is 4. The molecule has 6 nitrogen and oxygen atoms in total. The molecular weight excluding hydrogens is 357 g/mol. The van der Waals surface area contributed by atoms with Gasteiger partial charge in [-0.05, 0) is 43.0 Å². The van der Waals surface area contributed by atoms with Gasteiger partial charge in [0.1, 0.15) is 23.6 Å². The summed E-state index contributed by atoms with van der Waals surface area (Å²) >= 11 is 0. The Kier molecular flexibility index (Phi) is 4.03. The average Bonchev–Trinajstić information content (AvgIpc) is 3.36. The molecule has 5 rings (SSSR count). The van der Waals surface area contributed by atoms with Crippen LogP contribution in [0.5, 0.6) is 0 Å². The number of hydrogen-bond donors (Lipinski definition) is 1. The molecule has 3 heterocycles. The Balaban J connectivity index is 1.37. The van der Waals surface area contributed by atoms with Gasteiger partial charge in [-0.15, -0.1) is 0 Å². The lowest BCUT2D eigenvalue weighted by atomic mass is 10.1. The maximum atomic E-state index is 13.1. The number of aromatic amines is 1. The van der Waals surface area contributed by atoms with Gasteiger partial charge in [0.05, 0.1) is 17.3 Å². The van der Waals surface area contributed by atoms with Crippen LogP contribution in [-0.2, 0) is 11.2 Å². The number of halogens is 1. The fraction of sp³-hybridized carbons (Fsp3) is 0.381. The van der Waals surface area contributed by atoms with Gasteiger partial charge in [0.2, 0.25) is 5.91 Å². The maximum absolute atomic E-state index is 13.1. The number of amides is 1. The predicted octanol–water partition coefficient (Wildman–Crippen LogP) is 2.91. The molecule has 1 amide bonds. The van der Waals surface area contributed by atoms with Crippen molar-refractivity contribution in [2.45, 2.75) is 31.2 Å². The van der Waals surface area contributed by atoms with Crippen LogP contribution in [0.2, 0.25) is 0 Å². The summed E-state index contributed by atoms with van der Waals surface area (Å²) in [6.45, 7) is 2.40. The molecule has 2 fully saturated rings. The molecule has 3 aromatic rings. The summed E-state index contributed by atoms with van der Waals surface area (Å²) in [6.07, 6.45) is 6.71. The van der Waals surface area contributed by atoms with Gasteiger partial charge in [0.25, 0.3) is 0 Å². The molecule has 1 saturated carbocycles. The number of fused-ring (bicyclic) bond motifs is 1. The van der Waals surface area contributed by atoms with Crippen LogP contribution in [0, 0.1) is 5.82 Å². The molecule has 1 aromatic carbocycles. The maximum Gasteiger partial charge on any atom is 0.227 e. The minimum absolute atomic E-state index is 0.110. The van der Waals surface area contributed by atoms with Crippen molar-refractivity contribution in [1.82, 2.24) is 19.9 Å². The highest BCUT2D eigenvalue weighted by molar-refractivity contribution is 5.87. The first-order chi connectivity index (χ1) is 13.6. The number of nitrogens with one attached hydrogen (secondary N) is 1. The third kappa shape index (κ3) is 3.00. The summed E-state index contributed by atoms with van der Waals surface area (Å²) in [5, 5.41) is 1.02. The van der Waals surface area contributed by atoms with Crippen LogP contribution in [0.15, 0.2) is 42.9 Å². The summed E-state index contributed by atoms with van der Waals surface area (Å²) in [6, 6.07) is 8.22. The molecular formula is C21H22FN5O. The smallest absolute Gasteiger partial charge is 0.227 e. The van der Waals surface area contributed by atoms with E-state index in [0.29, 0.717) is 6.42 Å². The van der Waals surface area contributed by atoms with E-state index in [1.807, 2.05) is 12.3 Å². The van der Waals surface area contributed by atoms with Crippen molar-refractivity contribution >= 4 is 22.8 Å². The standard InChI is InChI=1S/C21H22FN5O/c22-16-4-2-15(3-5-16)12-18(28)27-11-1-10-26(13-21(27)7-8-21)20-17-6-9-23-19(17)24-14-25-20/h2-6,9,14H,1,7-8,10-13H2,(H,23,24,25). The summed E-state index contributed by atoms with van der Waals surface area (Å²) in [7, 11) is 0. The Labute approximate surface area is 162 Å². The number of carbonyl (C=O) groups is 1. The van der Waals surface area contributed by atoms with Crippen LogP contribution < -0.4 is 4.90 Å². The van der Waals surface area contributed by atoms with E-state index >= 15 is 0 Å². The first-order valence-electron chi connectivity index (χ1n) is 9.73. The van der Waals surface area contributed by atoms with Crippen LogP contribution >= 0.6 is 0 Å². The lowest BCUT2D eigenvalue weighted by Gasteiger charge is -2.32. The van der Waals surface area contributed by atoms with Crippen LogP contribution in [-0.4, -0.2) is 50.9 Å². The molecule has 144 valence electrons.